The normalized spacial score (nSPS) is 17.8. The van der Waals surface area contributed by atoms with E-state index in [0.29, 0.717) is 0 Å². The van der Waals surface area contributed by atoms with Crippen molar-refractivity contribution in [1.29, 1.82) is 0 Å². The number of hydrogen-bond acceptors (Lipinski definition) is 2. The molecule has 0 fully saturated rings. The van der Waals surface area contributed by atoms with E-state index in [0.717, 1.165) is 24.3 Å². The zero-order chi connectivity index (χ0) is 18.2. The highest BCUT2D eigenvalue weighted by molar-refractivity contribution is 5.77. The van der Waals surface area contributed by atoms with Gasteiger partial charge in [-0.3, -0.25) is 0 Å². The molecule has 0 amide bonds. The number of nitrogens with two attached hydrogens (primary N) is 1. The predicted octanol–water partition coefficient (Wildman–Crippen LogP) is 6.17. The first kappa shape index (κ1) is 17.8. The minimum Gasteiger partial charge on any atom is -0.397 e. The van der Waals surface area contributed by atoms with Crippen molar-refractivity contribution in [2.45, 2.75) is 64.7 Å². The van der Waals surface area contributed by atoms with Crippen LogP contribution >= 0.6 is 0 Å². The van der Waals surface area contributed by atoms with Gasteiger partial charge in [0.1, 0.15) is 0 Å². The van der Waals surface area contributed by atoms with Gasteiger partial charge < -0.3 is 10.6 Å². The summed E-state index contributed by atoms with van der Waals surface area (Å²) in [6.45, 7) is 12.6. The van der Waals surface area contributed by atoms with E-state index in [4.69, 9.17) is 5.73 Å². The zero-order valence-corrected chi connectivity index (χ0v) is 16.4. The molecule has 1 aliphatic rings. The highest BCUT2D eigenvalue weighted by atomic mass is 15.1. The van der Waals surface area contributed by atoms with Crippen molar-refractivity contribution in [2.24, 2.45) is 0 Å². The Hall–Kier alpha value is -1.96. The standard InChI is InChI=1S/C23H32N2/c1-6-14-25(17-10-8-7-9-11-17)21-16-19-18(15-20(21)24)22(2,3)12-13-23(19,4)5/h7-11,15-16H,6,12-14,24H2,1-5H3. The maximum absolute atomic E-state index is 6.58. The molecule has 2 heteroatoms. The molecule has 1 aliphatic carbocycles. The molecule has 3 rings (SSSR count). The van der Waals surface area contributed by atoms with Crippen molar-refractivity contribution in [1.82, 2.24) is 0 Å². The van der Waals surface area contributed by atoms with Crippen LogP contribution in [0.15, 0.2) is 42.5 Å². The molecule has 0 radical (unpaired) electrons. The van der Waals surface area contributed by atoms with E-state index in [1.54, 1.807) is 0 Å². The molecule has 2 aromatic rings. The molecule has 0 spiro atoms. The van der Waals surface area contributed by atoms with E-state index in [1.807, 2.05) is 0 Å². The largest absolute Gasteiger partial charge is 0.397 e. The Kier molecular flexibility index (Phi) is 4.57. The van der Waals surface area contributed by atoms with Crippen LogP contribution in [0.5, 0.6) is 0 Å². The van der Waals surface area contributed by atoms with E-state index in [-0.39, 0.29) is 10.8 Å². The highest BCUT2D eigenvalue weighted by Gasteiger charge is 2.38. The quantitative estimate of drug-likeness (QED) is 0.677. The van der Waals surface area contributed by atoms with E-state index < -0.39 is 0 Å². The molecule has 0 saturated heterocycles. The number of nitrogen functional groups attached to an aromatic ring is 1. The van der Waals surface area contributed by atoms with Crippen LogP contribution in [0.3, 0.4) is 0 Å². The number of para-hydroxylation sites is 1. The summed E-state index contributed by atoms with van der Waals surface area (Å²) in [4.78, 5) is 2.37. The molecule has 0 aromatic heterocycles. The van der Waals surface area contributed by atoms with Gasteiger partial charge in [-0.05, 0) is 65.5 Å². The summed E-state index contributed by atoms with van der Waals surface area (Å²) in [6.07, 6.45) is 3.51. The van der Waals surface area contributed by atoms with Gasteiger partial charge in [-0.2, -0.15) is 0 Å². The second-order valence-corrected chi connectivity index (χ2v) is 8.71. The van der Waals surface area contributed by atoms with Crippen molar-refractivity contribution in [3.05, 3.63) is 53.6 Å². The second-order valence-electron chi connectivity index (χ2n) is 8.71. The monoisotopic (exact) mass is 336 g/mol. The maximum Gasteiger partial charge on any atom is 0.0647 e. The van der Waals surface area contributed by atoms with E-state index in [9.17, 15) is 0 Å². The van der Waals surface area contributed by atoms with Gasteiger partial charge in [0.2, 0.25) is 0 Å². The summed E-state index contributed by atoms with van der Waals surface area (Å²) in [5, 5.41) is 0. The lowest BCUT2D eigenvalue weighted by atomic mass is 9.63. The number of nitrogens with zero attached hydrogens (tertiary/aromatic N) is 1. The summed E-state index contributed by atoms with van der Waals surface area (Å²) in [5.41, 5.74) is 13.1. The van der Waals surface area contributed by atoms with Crippen molar-refractivity contribution in [3.8, 4) is 0 Å². The lowest BCUT2D eigenvalue weighted by Gasteiger charge is -2.43. The van der Waals surface area contributed by atoms with Gasteiger partial charge in [-0.25, -0.2) is 0 Å². The zero-order valence-electron chi connectivity index (χ0n) is 16.4. The predicted molar refractivity (Wildman–Crippen MR) is 110 cm³/mol. The smallest absolute Gasteiger partial charge is 0.0647 e. The number of hydrogen-bond donors (Lipinski definition) is 1. The molecule has 134 valence electrons. The third-order valence-corrected chi connectivity index (χ3v) is 5.81. The van der Waals surface area contributed by atoms with Crippen molar-refractivity contribution in [2.75, 3.05) is 17.2 Å². The fourth-order valence-corrected chi connectivity index (χ4v) is 4.07. The van der Waals surface area contributed by atoms with E-state index >= 15 is 0 Å². The molecule has 2 N–H and O–H groups in total. The van der Waals surface area contributed by atoms with Gasteiger partial charge in [-0.15, -0.1) is 0 Å². The highest BCUT2D eigenvalue weighted by Crippen LogP contribution is 2.48. The number of anilines is 3. The fourth-order valence-electron chi connectivity index (χ4n) is 4.07. The molecule has 25 heavy (non-hydrogen) atoms. The van der Waals surface area contributed by atoms with Crippen LogP contribution in [-0.4, -0.2) is 6.54 Å². The Labute approximate surface area is 153 Å². The summed E-state index contributed by atoms with van der Waals surface area (Å²) in [6, 6.07) is 15.2. The van der Waals surface area contributed by atoms with Crippen molar-refractivity contribution >= 4 is 17.1 Å². The molecule has 0 saturated carbocycles. The molecule has 0 atom stereocenters. The van der Waals surface area contributed by atoms with Crippen molar-refractivity contribution in [3.63, 3.8) is 0 Å². The number of benzene rings is 2. The second kappa shape index (κ2) is 6.40. The average molecular weight is 337 g/mol. The van der Waals surface area contributed by atoms with Crippen LogP contribution in [0.4, 0.5) is 17.1 Å². The van der Waals surface area contributed by atoms with Crippen LogP contribution in [0.1, 0.15) is 65.0 Å². The topological polar surface area (TPSA) is 29.3 Å². The molecular weight excluding hydrogens is 304 g/mol. The van der Waals surface area contributed by atoms with Gasteiger partial charge in [0.25, 0.3) is 0 Å². The molecule has 2 nitrogen and oxygen atoms in total. The average Bonchev–Trinajstić information content (AvgIpc) is 2.58. The maximum atomic E-state index is 6.58. The lowest BCUT2D eigenvalue weighted by Crippen LogP contribution is -2.34. The van der Waals surface area contributed by atoms with Crippen LogP contribution < -0.4 is 10.6 Å². The van der Waals surface area contributed by atoms with Gasteiger partial charge in [0.05, 0.1) is 11.4 Å². The molecule has 0 heterocycles. The van der Waals surface area contributed by atoms with E-state index in [2.05, 4.69) is 82.0 Å². The summed E-state index contributed by atoms with van der Waals surface area (Å²) in [7, 11) is 0. The summed E-state index contributed by atoms with van der Waals surface area (Å²) >= 11 is 0. The number of fused-ring (bicyclic) bond motifs is 1. The van der Waals surface area contributed by atoms with Crippen LogP contribution in [0.25, 0.3) is 0 Å². The summed E-state index contributed by atoms with van der Waals surface area (Å²) in [5.74, 6) is 0. The Morgan fingerprint density at radius 1 is 0.920 bits per heavy atom. The lowest BCUT2D eigenvalue weighted by molar-refractivity contribution is 0.332. The SMILES string of the molecule is CCCN(c1ccccc1)c1cc2c(cc1N)C(C)(C)CCC2(C)C. The van der Waals surface area contributed by atoms with E-state index in [1.165, 1.54) is 29.7 Å². The van der Waals surface area contributed by atoms with Gasteiger partial charge in [0, 0.05) is 12.2 Å². The van der Waals surface area contributed by atoms with Gasteiger partial charge in [-0.1, -0.05) is 52.8 Å². The third kappa shape index (κ3) is 3.27. The Bertz CT molecular complexity index is 744. The molecular formula is C23H32N2. The third-order valence-electron chi connectivity index (χ3n) is 5.81. The van der Waals surface area contributed by atoms with Gasteiger partial charge in [0.15, 0.2) is 0 Å². The first-order valence-electron chi connectivity index (χ1n) is 9.53. The first-order chi connectivity index (χ1) is 11.8. The minimum atomic E-state index is 0.194. The Morgan fingerprint density at radius 3 is 2.04 bits per heavy atom. The fraction of sp³-hybridized carbons (Fsp3) is 0.478. The molecule has 0 aliphatic heterocycles. The summed E-state index contributed by atoms with van der Waals surface area (Å²) < 4.78 is 0. The van der Waals surface area contributed by atoms with Crippen LogP contribution in [0, 0.1) is 0 Å². The van der Waals surface area contributed by atoms with Crippen LogP contribution in [0.2, 0.25) is 0 Å². The molecule has 2 aromatic carbocycles. The van der Waals surface area contributed by atoms with Crippen LogP contribution in [-0.2, 0) is 10.8 Å². The first-order valence-corrected chi connectivity index (χ1v) is 9.53. The molecule has 0 bridgehead atoms. The molecule has 0 unspecified atom stereocenters. The Balaban J connectivity index is 2.17. The minimum absolute atomic E-state index is 0.194. The Morgan fingerprint density at radius 2 is 1.48 bits per heavy atom. The van der Waals surface area contributed by atoms with Crippen molar-refractivity contribution < 1.29 is 0 Å². The number of rotatable bonds is 4. The van der Waals surface area contributed by atoms with Gasteiger partial charge >= 0.3 is 0 Å².